The first-order valence-electron chi connectivity index (χ1n) is 6.03. The molecule has 0 spiro atoms. The van der Waals surface area contributed by atoms with E-state index in [9.17, 15) is 0 Å². The maximum atomic E-state index is 6.19. The van der Waals surface area contributed by atoms with Gasteiger partial charge in [-0.2, -0.15) is 5.10 Å². The van der Waals surface area contributed by atoms with Crippen molar-refractivity contribution in [1.82, 2.24) is 9.78 Å². The van der Waals surface area contributed by atoms with Crippen molar-refractivity contribution < 1.29 is 0 Å². The summed E-state index contributed by atoms with van der Waals surface area (Å²) in [6.07, 6.45) is 6.12. The maximum absolute atomic E-state index is 6.19. The van der Waals surface area contributed by atoms with Crippen molar-refractivity contribution in [3.63, 3.8) is 0 Å². The van der Waals surface area contributed by atoms with Crippen molar-refractivity contribution in [2.45, 2.75) is 45.1 Å². The van der Waals surface area contributed by atoms with Crippen molar-refractivity contribution in [2.24, 2.45) is 18.7 Å². The standard InChI is InChI=1S/C12H20BrN3/c1-8-12(13)11(16(2)15-8)7-9-5-3-4-6-10(9)14/h9-10H,3-7,14H2,1-2H3. The summed E-state index contributed by atoms with van der Waals surface area (Å²) in [7, 11) is 2.02. The Labute approximate surface area is 106 Å². The molecule has 4 heteroatoms. The number of rotatable bonds is 2. The summed E-state index contributed by atoms with van der Waals surface area (Å²) in [4.78, 5) is 0. The van der Waals surface area contributed by atoms with Gasteiger partial charge in [0.25, 0.3) is 0 Å². The van der Waals surface area contributed by atoms with E-state index >= 15 is 0 Å². The first-order valence-corrected chi connectivity index (χ1v) is 6.82. The van der Waals surface area contributed by atoms with Crippen molar-refractivity contribution >= 4 is 15.9 Å². The molecule has 0 saturated heterocycles. The van der Waals surface area contributed by atoms with Crippen molar-refractivity contribution in [1.29, 1.82) is 0 Å². The molecule has 2 rings (SSSR count). The Bertz CT molecular complexity index is 373. The van der Waals surface area contributed by atoms with Crippen molar-refractivity contribution in [3.05, 3.63) is 15.9 Å². The molecule has 0 aromatic carbocycles. The van der Waals surface area contributed by atoms with Gasteiger partial charge in [-0.05, 0) is 48.0 Å². The van der Waals surface area contributed by atoms with Crippen LogP contribution in [0.15, 0.2) is 4.47 Å². The topological polar surface area (TPSA) is 43.8 Å². The molecular formula is C12H20BrN3. The predicted molar refractivity (Wildman–Crippen MR) is 69.3 cm³/mol. The SMILES string of the molecule is Cc1nn(C)c(CC2CCCCC2N)c1Br. The summed E-state index contributed by atoms with van der Waals surface area (Å²) in [5, 5.41) is 4.43. The van der Waals surface area contributed by atoms with E-state index in [0.717, 1.165) is 16.6 Å². The maximum Gasteiger partial charge on any atom is 0.0738 e. The Hall–Kier alpha value is -0.350. The van der Waals surface area contributed by atoms with Crippen molar-refractivity contribution in [3.8, 4) is 0 Å². The number of aromatic nitrogens is 2. The third-order valence-corrected chi connectivity index (χ3v) is 4.72. The second-order valence-corrected chi connectivity index (χ2v) is 5.68. The minimum Gasteiger partial charge on any atom is -0.327 e. The number of nitrogens with zero attached hydrogens (tertiary/aromatic N) is 2. The molecule has 0 aliphatic heterocycles. The number of nitrogens with two attached hydrogens (primary N) is 1. The fraction of sp³-hybridized carbons (Fsp3) is 0.750. The molecule has 1 fully saturated rings. The highest BCUT2D eigenvalue weighted by atomic mass is 79.9. The fourth-order valence-electron chi connectivity index (χ4n) is 2.64. The lowest BCUT2D eigenvalue weighted by Gasteiger charge is -2.28. The van der Waals surface area contributed by atoms with Gasteiger partial charge in [0.1, 0.15) is 0 Å². The molecule has 3 nitrogen and oxygen atoms in total. The van der Waals surface area contributed by atoms with E-state index in [4.69, 9.17) is 5.73 Å². The van der Waals surface area contributed by atoms with E-state index in [1.54, 1.807) is 0 Å². The number of hydrogen-bond donors (Lipinski definition) is 1. The van der Waals surface area contributed by atoms with Gasteiger partial charge in [0.2, 0.25) is 0 Å². The smallest absolute Gasteiger partial charge is 0.0738 e. The Balaban J connectivity index is 2.13. The van der Waals surface area contributed by atoms with E-state index in [2.05, 4.69) is 21.0 Å². The molecular weight excluding hydrogens is 266 g/mol. The van der Waals surface area contributed by atoms with Gasteiger partial charge in [-0.15, -0.1) is 0 Å². The summed E-state index contributed by atoms with van der Waals surface area (Å²) >= 11 is 3.62. The molecule has 2 N–H and O–H groups in total. The van der Waals surface area contributed by atoms with Gasteiger partial charge >= 0.3 is 0 Å². The second-order valence-electron chi connectivity index (χ2n) is 4.88. The van der Waals surface area contributed by atoms with Crippen LogP contribution in [-0.4, -0.2) is 15.8 Å². The molecule has 2 unspecified atom stereocenters. The lowest BCUT2D eigenvalue weighted by molar-refractivity contribution is 0.301. The van der Waals surface area contributed by atoms with Gasteiger partial charge in [-0.25, -0.2) is 0 Å². The highest BCUT2D eigenvalue weighted by Crippen LogP contribution is 2.29. The molecule has 1 aromatic heterocycles. The van der Waals surface area contributed by atoms with Crippen LogP contribution < -0.4 is 5.73 Å². The minimum atomic E-state index is 0.371. The first-order chi connectivity index (χ1) is 7.59. The molecule has 1 saturated carbocycles. The highest BCUT2D eigenvalue weighted by molar-refractivity contribution is 9.10. The number of aryl methyl sites for hydroxylation is 2. The molecule has 90 valence electrons. The summed E-state index contributed by atoms with van der Waals surface area (Å²) in [6, 6.07) is 0.371. The molecule has 2 atom stereocenters. The third-order valence-electron chi connectivity index (χ3n) is 3.69. The average Bonchev–Trinajstić information content (AvgIpc) is 2.48. The van der Waals surface area contributed by atoms with Gasteiger partial charge in [-0.1, -0.05) is 12.8 Å². The van der Waals surface area contributed by atoms with Crippen LogP contribution in [0, 0.1) is 12.8 Å². The van der Waals surface area contributed by atoms with Gasteiger partial charge in [0, 0.05) is 13.1 Å². The first kappa shape index (κ1) is 12.1. The van der Waals surface area contributed by atoms with E-state index in [0.29, 0.717) is 12.0 Å². The summed E-state index contributed by atoms with van der Waals surface area (Å²) in [5.41, 5.74) is 8.55. The number of halogens is 1. The predicted octanol–water partition coefficient (Wildman–Crippen LogP) is 2.55. The van der Waals surface area contributed by atoms with Crippen LogP contribution in [0.4, 0.5) is 0 Å². The zero-order chi connectivity index (χ0) is 11.7. The van der Waals surface area contributed by atoms with E-state index in [1.807, 2.05) is 18.7 Å². The van der Waals surface area contributed by atoms with E-state index in [1.165, 1.54) is 31.4 Å². The lowest BCUT2D eigenvalue weighted by atomic mass is 9.82. The second kappa shape index (κ2) is 4.88. The average molecular weight is 286 g/mol. The largest absolute Gasteiger partial charge is 0.327 e. The monoisotopic (exact) mass is 285 g/mol. The zero-order valence-electron chi connectivity index (χ0n) is 10.0. The van der Waals surface area contributed by atoms with Crippen molar-refractivity contribution in [2.75, 3.05) is 0 Å². The van der Waals surface area contributed by atoms with Gasteiger partial charge in [0.05, 0.1) is 15.9 Å². The van der Waals surface area contributed by atoms with Crippen LogP contribution in [0.1, 0.15) is 37.1 Å². The Morgan fingerprint density at radius 1 is 1.44 bits per heavy atom. The van der Waals surface area contributed by atoms with Gasteiger partial charge < -0.3 is 5.73 Å². The van der Waals surface area contributed by atoms with Gasteiger partial charge in [-0.3, -0.25) is 4.68 Å². The van der Waals surface area contributed by atoms with Crippen LogP contribution >= 0.6 is 15.9 Å². The van der Waals surface area contributed by atoms with E-state index < -0.39 is 0 Å². The third kappa shape index (κ3) is 2.33. The lowest BCUT2D eigenvalue weighted by Crippen LogP contribution is -2.34. The fourth-order valence-corrected chi connectivity index (χ4v) is 3.14. The molecule has 1 aromatic rings. The molecule has 0 bridgehead atoms. The van der Waals surface area contributed by atoms with Crippen LogP contribution in [0.25, 0.3) is 0 Å². The van der Waals surface area contributed by atoms with Crippen LogP contribution in [0.2, 0.25) is 0 Å². The normalized spacial score (nSPS) is 26.0. The summed E-state index contributed by atoms with van der Waals surface area (Å²) in [6.45, 7) is 2.04. The molecule has 16 heavy (non-hydrogen) atoms. The van der Waals surface area contributed by atoms with Gasteiger partial charge in [0.15, 0.2) is 0 Å². The molecule has 1 heterocycles. The summed E-state index contributed by atoms with van der Waals surface area (Å²) in [5.74, 6) is 0.625. The highest BCUT2D eigenvalue weighted by Gasteiger charge is 2.24. The Kier molecular flexibility index (Phi) is 3.70. The van der Waals surface area contributed by atoms with Crippen LogP contribution in [0.5, 0.6) is 0 Å². The molecule has 0 radical (unpaired) electrons. The zero-order valence-corrected chi connectivity index (χ0v) is 11.6. The van der Waals surface area contributed by atoms with E-state index in [-0.39, 0.29) is 0 Å². The number of hydrogen-bond acceptors (Lipinski definition) is 2. The quantitative estimate of drug-likeness (QED) is 0.908. The molecule has 1 aliphatic carbocycles. The van der Waals surface area contributed by atoms with Crippen LogP contribution in [-0.2, 0) is 13.5 Å². The van der Waals surface area contributed by atoms with Crippen LogP contribution in [0.3, 0.4) is 0 Å². The summed E-state index contributed by atoms with van der Waals surface area (Å²) < 4.78 is 3.15. The Morgan fingerprint density at radius 3 is 2.69 bits per heavy atom. The Morgan fingerprint density at radius 2 is 2.12 bits per heavy atom. The molecule has 0 amide bonds. The minimum absolute atomic E-state index is 0.371. The molecule has 1 aliphatic rings.